The maximum atomic E-state index is 11.8. The summed E-state index contributed by atoms with van der Waals surface area (Å²) in [6.07, 6.45) is 2.21. The Balaban J connectivity index is 1.61. The lowest BCUT2D eigenvalue weighted by Gasteiger charge is -2.23. The summed E-state index contributed by atoms with van der Waals surface area (Å²) >= 11 is 3.33. The fourth-order valence-electron chi connectivity index (χ4n) is 2.26. The minimum Gasteiger partial charge on any atom is -0.353 e. The van der Waals surface area contributed by atoms with E-state index in [1.807, 2.05) is 12.1 Å². The number of urea groups is 1. The molecule has 1 fully saturated rings. The smallest absolute Gasteiger partial charge is 0.319 e. The number of halogens is 1. The Morgan fingerprint density at radius 2 is 1.86 bits per heavy atom. The van der Waals surface area contributed by atoms with Gasteiger partial charge >= 0.3 is 6.03 Å². The molecule has 1 aromatic rings. The van der Waals surface area contributed by atoms with E-state index in [4.69, 9.17) is 0 Å². The summed E-state index contributed by atoms with van der Waals surface area (Å²) in [7, 11) is 0. The molecule has 22 heavy (non-hydrogen) atoms. The normalized spacial score (nSPS) is 15.1. The predicted octanol–water partition coefficient (Wildman–Crippen LogP) is 1.83. The highest BCUT2D eigenvalue weighted by molar-refractivity contribution is 9.10. The Morgan fingerprint density at radius 3 is 2.55 bits per heavy atom. The second-order valence-electron chi connectivity index (χ2n) is 5.23. The van der Waals surface area contributed by atoms with Crippen molar-refractivity contribution >= 4 is 33.6 Å². The van der Waals surface area contributed by atoms with Gasteiger partial charge in [-0.15, -0.1) is 0 Å². The summed E-state index contributed by atoms with van der Waals surface area (Å²) in [5.74, 6) is -0.0177. The van der Waals surface area contributed by atoms with E-state index in [1.54, 1.807) is 12.1 Å². The average Bonchev–Trinajstić information content (AvgIpc) is 2.50. The molecule has 1 heterocycles. The Morgan fingerprint density at radius 1 is 1.18 bits per heavy atom. The number of piperidine rings is 1. The summed E-state index contributed by atoms with van der Waals surface area (Å²) in [5.41, 5.74) is 0.708. The third kappa shape index (κ3) is 6.03. The van der Waals surface area contributed by atoms with Gasteiger partial charge in [-0.1, -0.05) is 15.9 Å². The van der Waals surface area contributed by atoms with E-state index in [2.05, 4.69) is 37.2 Å². The number of anilines is 1. The molecule has 4 N–H and O–H groups in total. The molecule has 0 aromatic heterocycles. The van der Waals surface area contributed by atoms with Gasteiger partial charge < -0.3 is 21.3 Å². The summed E-state index contributed by atoms with van der Waals surface area (Å²) in [5, 5.41) is 11.6. The molecule has 0 aliphatic carbocycles. The molecule has 1 aromatic carbocycles. The average molecular weight is 369 g/mol. The van der Waals surface area contributed by atoms with Crippen molar-refractivity contribution in [2.75, 3.05) is 25.0 Å². The van der Waals surface area contributed by atoms with Crippen LogP contribution in [0.5, 0.6) is 0 Å². The minimum absolute atomic E-state index is 0.0177. The third-order valence-corrected chi connectivity index (χ3v) is 3.97. The molecule has 0 unspecified atom stereocenters. The van der Waals surface area contributed by atoms with Crippen LogP contribution < -0.4 is 21.3 Å². The molecule has 0 saturated carbocycles. The summed E-state index contributed by atoms with van der Waals surface area (Å²) < 4.78 is 0.952. The van der Waals surface area contributed by atoms with Crippen LogP contribution >= 0.6 is 15.9 Å². The van der Waals surface area contributed by atoms with Crippen LogP contribution in [0, 0.1) is 0 Å². The zero-order valence-electron chi connectivity index (χ0n) is 12.3. The van der Waals surface area contributed by atoms with E-state index in [9.17, 15) is 9.59 Å². The van der Waals surface area contributed by atoms with Crippen molar-refractivity contribution < 1.29 is 9.59 Å². The predicted molar refractivity (Wildman–Crippen MR) is 89.8 cm³/mol. The summed E-state index contributed by atoms with van der Waals surface area (Å²) in [4.78, 5) is 23.5. The standard InChI is InChI=1S/C15H21BrN4O2/c16-11-1-3-12(4-2-11)20-15(22)18-10-7-14(21)19-13-5-8-17-9-6-13/h1-4,13,17H,5-10H2,(H,19,21)(H2,18,20,22). The molecule has 1 saturated heterocycles. The largest absolute Gasteiger partial charge is 0.353 e. The SMILES string of the molecule is O=C(CCNC(=O)Nc1ccc(Br)cc1)NC1CCNCC1. The van der Waals surface area contributed by atoms with E-state index in [-0.39, 0.29) is 24.4 Å². The highest BCUT2D eigenvalue weighted by Crippen LogP contribution is 2.13. The van der Waals surface area contributed by atoms with Crippen LogP contribution in [0.1, 0.15) is 19.3 Å². The number of hydrogen-bond donors (Lipinski definition) is 4. The van der Waals surface area contributed by atoms with Crippen LogP contribution in [0.25, 0.3) is 0 Å². The van der Waals surface area contributed by atoms with E-state index < -0.39 is 0 Å². The van der Waals surface area contributed by atoms with Gasteiger partial charge in [0.1, 0.15) is 0 Å². The lowest BCUT2D eigenvalue weighted by molar-refractivity contribution is -0.121. The molecule has 6 nitrogen and oxygen atoms in total. The molecule has 120 valence electrons. The minimum atomic E-state index is -0.308. The van der Waals surface area contributed by atoms with Crippen molar-refractivity contribution in [3.8, 4) is 0 Å². The number of hydrogen-bond acceptors (Lipinski definition) is 3. The number of benzene rings is 1. The first-order valence-electron chi connectivity index (χ1n) is 7.44. The fraction of sp³-hybridized carbons (Fsp3) is 0.467. The van der Waals surface area contributed by atoms with Crippen LogP contribution in [-0.4, -0.2) is 37.6 Å². The highest BCUT2D eigenvalue weighted by Gasteiger charge is 2.15. The van der Waals surface area contributed by atoms with Crippen LogP contribution in [0.4, 0.5) is 10.5 Å². The summed E-state index contributed by atoms with van der Waals surface area (Å²) in [6, 6.07) is 7.24. The lowest BCUT2D eigenvalue weighted by Crippen LogP contribution is -2.43. The topological polar surface area (TPSA) is 82.3 Å². The second-order valence-corrected chi connectivity index (χ2v) is 6.15. The lowest BCUT2D eigenvalue weighted by atomic mass is 10.1. The Hall–Kier alpha value is -1.60. The first kappa shape index (κ1) is 16.8. The second kappa shape index (κ2) is 8.75. The van der Waals surface area contributed by atoms with Gasteiger partial charge in [0.25, 0.3) is 0 Å². The number of carbonyl (C=O) groups excluding carboxylic acids is 2. The first-order valence-corrected chi connectivity index (χ1v) is 8.23. The van der Waals surface area contributed by atoms with Crippen LogP contribution in [-0.2, 0) is 4.79 Å². The maximum absolute atomic E-state index is 11.8. The summed E-state index contributed by atoms with van der Waals surface area (Å²) in [6.45, 7) is 2.21. The van der Waals surface area contributed by atoms with E-state index in [1.165, 1.54) is 0 Å². The monoisotopic (exact) mass is 368 g/mol. The van der Waals surface area contributed by atoms with Gasteiger partial charge in [-0.05, 0) is 50.2 Å². The molecule has 2 rings (SSSR count). The molecule has 0 atom stereocenters. The molecular weight excluding hydrogens is 348 g/mol. The van der Waals surface area contributed by atoms with Gasteiger partial charge in [0, 0.05) is 29.2 Å². The quantitative estimate of drug-likeness (QED) is 0.639. The van der Waals surface area contributed by atoms with E-state index in [0.29, 0.717) is 12.2 Å². The Labute approximate surface area is 138 Å². The Kier molecular flexibility index (Phi) is 6.67. The van der Waals surface area contributed by atoms with Gasteiger partial charge in [-0.2, -0.15) is 0 Å². The highest BCUT2D eigenvalue weighted by atomic mass is 79.9. The molecule has 1 aliphatic heterocycles. The van der Waals surface area contributed by atoms with Gasteiger partial charge in [-0.3, -0.25) is 4.79 Å². The third-order valence-electron chi connectivity index (χ3n) is 3.44. The van der Waals surface area contributed by atoms with Gasteiger partial charge in [0.15, 0.2) is 0 Å². The van der Waals surface area contributed by atoms with Crippen molar-refractivity contribution in [1.29, 1.82) is 0 Å². The zero-order valence-corrected chi connectivity index (χ0v) is 13.9. The van der Waals surface area contributed by atoms with Gasteiger partial charge in [-0.25, -0.2) is 4.79 Å². The number of amides is 3. The van der Waals surface area contributed by atoms with Crippen molar-refractivity contribution in [3.63, 3.8) is 0 Å². The van der Waals surface area contributed by atoms with E-state index in [0.717, 1.165) is 30.4 Å². The fourth-order valence-corrected chi connectivity index (χ4v) is 2.53. The van der Waals surface area contributed by atoms with Gasteiger partial charge in [0.2, 0.25) is 5.91 Å². The molecule has 3 amide bonds. The van der Waals surface area contributed by atoms with Crippen molar-refractivity contribution in [3.05, 3.63) is 28.7 Å². The molecule has 0 radical (unpaired) electrons. The Bertz CT molecular complexity index is 501. The first-order chi connectivity index (χ1) is 10.6. The molecule has 1 aliphatic rings. The van der Waals surface area contributed by atoms with Crippen molar-refractivity contribution in [2.45, 2.75) is 25.3 Å². The van der Waals surface area contributed by atoms with Crippen LogP contribution in [0.15, 0.2) is 28.7 Å². The maximum Gasteiger partial charge on any atom is 0.319 e. The molecular formula is C15H21BrN4O2. The zero-order chi connectivity index (χ0) is 15.8. The van der Waals surface area contributed by atoms with Crippen LogP contribution in [0.2, 0.25) is 0 Å². The van der Waals surface area contributed by atoms with Gasteiger partial charge in [0.05, 0.1) is 0 Å². The molecule has 0 bridgehead atoms. The van der Waals surface area contributed by atoms with Crippen molar-refractivity contribution in [1.82, 2.24) is 16.0 Å². The molecule has 0 spiro atoms. The van der Waals surface area contributed by atoms with Crippen LogP contribution in [0.3, 0.4) is 0 Å². The molecule has 7 heteroatoms. The van der Waals surface area contributed by atoms with E-state index >= 15 is 0 Å². The number of rotatable bonds is 5. The van der Waals surface area contributed by atoms with Crippen molar-refractivity contribution in [2.24, 2.45) is 0 Å². The number of nitrogens with one attached hydrogen (secondary N) is 4. The number of carbonyl (C=O) groups is 2.